The van der Waals surface area contributed by atoms with E-state index in [0.29, 0.717) is 11.4 Å². The second-order valence-electron chi connectivity index (χ2n) is 1.91. The first-order valence-corrected chi connectivity index (χ1v) is 3.06. The third kappa shape index (κ3) is 9.64. The third-order valence-corrected chi connectivity index (χ3v) is 0.996. The van der Waals surface area contributed by atoms with Gasteiger partial charge in [-0.05, 0) is 12.1 Å². The third-order valence-electron chi connectivity index (χ3n) is 0.996. The minimum atomic E-state index is -1.83. The molecule has 6 N–H and O–H groups in total. The first-order valence-electron chi connectivity index (χ1n) is 3.06. The number of rotatable bonds is 0. The molecule has 0 amide bonds. The summed E-state index contributed by atoms with van der Waals surface area (Å²) < 4.78 is 0. The second kappa shape index (κ2) is 8.33. The predicted molar refractivity (Wildman–Crippen MR) is 53.1 cm³/mol. The molecule has 6 heteroatoms. The number of hydrogen-bond acceptors (Lipinski definition) is 3. The quantitative estimate of drug-likeness (QED) is 0.366. The van der Waals surface area contributed by atoms with Crippen LogP contribution in [0.25, 0.3) is 0 Å². The SMILES string of the molecule is Nc1ccccc1N.O=C(O)O.[KH]. The van der Waals surface area contributed by atoms with Crippen LogP contribution in [0.3, 0.4) is 0 Å². The molecule has 0 aromatic heterocycles. The summed E-state index contributed by atoms with van der Waals surface area (Å²) in [7, 11) is 0. The van der Waals surface area contributed by atoms with Crippen LogP contribution in [0.4, 0.5) is 16.2 Å². The first-order chi connectivity index (χ1) is 5.54. The minimum absolute atomic E-state index is 0. The van der Waals surface area contributed by atoms with Crippen molar-refractivity contribution < 1.29 is 15.0 Å². The molecule has 0 spiro atoms. The van der Waals surface area contributed by atoms with E-state index >= 15 is 0 Å². The summed E-state index contributed by atoms with van der Waals surface area (Å²) in [6.07, 6.45) is -1.83. The van der Waals surface area contributed by atoms with Crippen LogP contribution in [0, 0.1) is 0 Å². The van der Waals surface area contributed by atoms with Crippen molar-refractivity contribution in [2.75, 3.05) is 11.5 Å². The normalized spacial score (nSPS) is 7.38. The van der Waals surface area contributed by atoms with Gasteiger partial charge in [-0.3, -0.25) is 0 Å². The van der Waals surface area contributed by atoms with Gasteiger partial charge >= 0.3 is 57.5 Å². The number of carboxylic acid groups (broad SMARTS) is 2. The average Bonchev–Trinajstić information content (AvgIpc) is 1.94. The number of anilines is 2. The Balaban J connectivity index is 0. The summed E-state index contributed by atoms with van der Waals surface area (Å²) >= 11 is 0. The monoisotopic (exact) mass is 210 g/mol. The average molecular weight is 210 g/mol. The van der Waals surface area contributed by atoms with E-state index in [1.54, 1.807) is 12.1 Å². The molecule has 0 saturated heterocycles. The fourth-order valence-corrected chi connectivity index (χ4v) is 0.511. The van der Waals surface area contributed by atoms with Crippen molar-refractivity contribution >= 4 is 68.9 Å². The Morgan fingerprint density at radius 3 is 1.46 bits per heavy atom. The van der Waals surface area contributed by atoms with Crippen molar-refractivity contribution in [3.63, 3.8) is 0 Å². The van der Waals surface area contributed by atoms with Gasteiger partial charge in [0.2, 0.25) is 0 Å². The van der Waals surface area contributed by atoms with E-state index in [2.05, 4.69) is 0 Å². The van der Waals surface area contributed by atoms with E-state index in [4.69, 9.17) is 26.5 Å². The Kier molecular flexibility index (Phi) is 9.75. The second-order valence-corrected chi connectivity index (χ2v) is 1.91. The Morgan fingerprint density at radius 2 is 1.31 bits per heavy atom. The fraction of sp³-hybridized carbons (Fsp3) is 0. The first kappa shape index (κ1) is 15.2. The van der Waals surface area contributed by atoms with E-state index in [1.807, 2.05) is 12.1 Å². The molecular formula is C7H11KN2O3. The Morgan fingerprint density at radius 1 is 1.08 bits per heavy atom. The van der Waals surface area contributed by atoms with Crippen LogP contribution in [0.2, 0.25) is 0 Å². The van der Waals surface area contributed by atoms with Crippen molar-refractivity contribution in [3.8, 4) is 0 Å². The van der Waals surface area contributed by atoms with Crippen LogP contribution in [-0.4, -0.2) is 67.8 Å². The number of para-hydroxylation sites is 2. The van der Waals surface area contributed by atoms with E-state index < -0.39 is 6.16 Å². The van der Waals surface area contributed by atoms with Crippen molar-refractivity contribution in [1.82, 2.24) is 0 Å². The zero-order valence-electron chi connectivity index (χ0n) is 6.27. The van der Waals surface area contributed by atoms with Gasteiger partial charge in [0.05, 0.1) is 11.4 Å². The van der Waals surface area contributed by atoms with Crippen molar-refractivity contribution in [1.29, 1.82) is 0 Å². The summed E-state index contributed by atoms with van der Waals surface area (Å²) in [6, 6.07) is 7.25. The van der Waals surface area contributed by atoms with Crippen molar-refractivity contribution in [2.45, 2.75) is 0 Å². The van der Waals surface area contributed by atoms with Crippen LogP contribution in [-0.2, 0) is 0 Å². The molecule has 0 heterocycles. The van der Waals surface area contributed by atoms with Gasteiger partial charge in [-0.2, -0.15) is 0 Å². The summed E-state index contributed by atoms with van der Waals surface area (Å²) in [4.78, 5) is 8.56. The molecule has 0 aliphatic carbocycles. The Hall–Kier alpha value is -0.274. The number of hydrogen-bond donors (Lipinski definition) is 4. The molecule has 68 valence electrons. The van der Waals surface area contributed by atoms with Gasteiger partial charge in [0.1, 0.15) is 0 Å². The van der Waals surface area contributed by atoms with Crippen LogP contribution in [0.1, 0.15) is 0 Å². The predicted octanol–water partition coefficient (Wildman–Crippen LogP) is 0.425. The van der Waals surface area contributed by atoms with Gasteiger partial charge in [-0.25, -0.2) is 4.79 Å². The number of nitrogens with two attached hydrogens (primary N) is 2. The van der Waals surface area contributed by atoms with Gasteiger partial charge < -0.3 is 21.7 Å². The van der Waals surface area contributed by atoms with Crippen LogP contribution < -0.4 is 11.5 Å². The van der Waals surface area contributed by atoms with Crippen molar-refractivity contribution in [2.24, 2.45) is 0 Å². The van der Waals surface area contributed by atoms with Gasteiger partial charge in [-0.15, -0.1) is 0 Å². The molecule has 13 heavy (non-hydrogen) atoms. The molecule has 0 fully saturated rings. The van der Waals surface area contributed by atoms with Gasteiger partial charge in [0, 0.05) is 0 Å². The van der Waals surface area contributed by atoms with E-state index in [0.717, 1.165) is 0 Å². The topological polar surface area (TPSA) is 110 Å². The maximum atomic E-state index is 8.56. The summed E-state index contributed by atoms with van der Waals surface area (Å²) in [5.41, 5.74) is 12.1. The molecule has 1 aromatic rings. The molecule has 0 radical (unpaired) electrons. The zero-order valence-corrected chi connectivity index (χ0v) is 6.27. The Bertz CT molecular complexity index is 243. The summed E-state index contributed by atoms with van der Waals surface area (Å²) in [6.45, 7) is 0. The van der Waals surface area contributed by atoms with E-state index in [1.165, 1.54) is 0 Å². The zero-order chi connectivity index (χ0) is 9.56. The van der Waals surface area contributed by atoms with E-state index in [9.17, 15) is 0 Å². The molecule has 0 aliphatic heterocycles. The molecule has 1 aromatic carbocycles. The molecule has 0 bridgehead atoms. The molecule has 0 saturated carbocycles. The molecule has 1 rings (SSSR count). The standard InChI is InChI=1S/C6H8N2.CH2O3.K.H/c7-5-3-1-2-4-6(5)8;2-1(3)4;;/h1-4H,7-8H2;(H2,2,3,4);;. The van der Waals surface area contributed by atoms with Gasteiger partial charge in [0.15, 0.2) is 0 Å². The molecule has 0 aliphatic rings. The molecular weight excluding hydrogens is 199 g/mol. The van der Waals surface area contributed by atoms with Crippen LogP contribution in [0.5, 0.6) is 0 Å². The number of carbonyl (C=O) groups is 1. The number of nitrogen functional groups attached to an aromatic ring is 2. The summed E-state index contributed by atoms with van der Waals surface area (Å²) in [5.74, 6) is 0. The number of benzene rings is 1. The molecule has 5 nitrogen and oxygen atoms in total. The van der Waals surface area contributed by atoms with Crippen molar-refractivity contribution in [3.05, 3.63) is 24.3 Å². The molecule has 0 unspecified atom stereocenters. The molecule has 0 atom stereocenters. The van der Waals surface area contributed by atoms with Crippen LogP contribution >= 0.6 is 0 Å². The van der Waals surface area contributed by atoms with Gasteiger partial charge in [-0.1, -0.05) is 12.1 Å². The maximum absolute atomic E-state index is 8.56. The van der Waals surface area contributed by atoms with E-state index in [-0.39, 0.29) is 51.4 Å². The van der Waals surface area contributed by atoms with Crippen LogP contribution in [0.15, 0.2) is 24.3 Å². The Labute approximate surface area is 118 Å². The summed E-state index contributed by atoms with van der Waals surface area (Å²) in [5, 5.41) is 13.9. The fourth-order valence-electron chi connectivity index (χ4n) is 0.511. The van der Waals surface area contributed by atoms with Gasteiger partial charge in [0.25, 0.3) is 0 Å².